The van der Waals surface area contributed by atoms with Gasteiger partial charge in [0.25, 0.3) is 0 Å². The van der Waals surface area contributed by atoms with Gasteiger partial charge in [0.05, 0.1) is 0 Å². The molecule has 0 radical (unpaired) electrons. The van der Waals surface area contributed by atoms with Gasteiger partial charge >= 0.3 is 0 Å². The van der Waals surface area contributed by atoms with Crippen molar-refractivity contribution in [2.24, 2.45) is 0 Å². The fourth-order valence-electron chi connectivity index (χ4n) is 2.79. The summed E-state index contributed by atoms with van der Waals surface area (Å²) in [4.78, 5) is 6.62. The SMILES string of the molecule is c1ccc(C2CN(Cc3ccncc3)CCCN2)cc1. The van der Waals surface area contributed by atoms with Gasteiger partial charge in [0.15, 0.2) is 0 Å². The molecule has 1 fully saturated rings. The largest absolute Gasteiger partial charge is 0.309 e. The van der Waals surface area contributed by atoms with E-state index >= 15 is 0 Å². The van der Waals surface area contributed by atoms with Crippen LogP contribution in [0.5, 0.6) is 0 Å². The van der Waals surface area contributed by atoms with Crippen molar-refractivity contribution in [2.45, 2.75) is 19.0 Å². The molecule has 104 valence electrons. The molecule has 1 atom stereocenters. The van der Waals surface area contributed by atoms with Crippen LogP contribution in [-0.4, -0.2) is 29.5 Å². The highest BCUT2D eigenvalue weighted by Gasteiger charge is 2.18. The van der Waals surface area contributed by atoms with Gasteiger partial charge < -0.3 is 5.32 Å². The number of aromatic nitrogens is 1. The summed E-state index contributed by atoms with van der Waals surface area (Å²) in [5.74, 6) is 0. The van der Waals surface area contributed by atoms with Gasteiger partial charge in [0.2, 0.25) is 0 Å². The van der Waals surface area contributed by atoms with Crippen LogP contribution < -0.4 is 5.32 Å². The number of hydrogen-bond donors (Lipinski definition) is 1. The Morgan fingerprint density at radius 1 is 1.10 bits per heavy atom. The molecule has 1 aliphatic heterocycles. The number of nitrogens with zero attached hydrogens (tertiary/aromatic N) is 2. The van der Waals surface area contributed by atoms with Crippen LogP contribution in [-0.2, 0) is 6.54 Å². The van der Waals surface area contributed by atoms with Gasteiger partial charge in [-0.3, -0.25) is 9.88 Å². The van der Waals surface area contributed by atoms with Crippen LogP contribution in [0.4, 0.5) is 0 Å². The standard InChI is InChI=1S/C17H21N3/c1-2-5-16(6-3-1)17-14-20(12-4-9-19-17)13-15-7-10-18-11-8-15/h1-3,5-8,10-11,17,19H,4,9,12-14H2. The topological polar surface area (TPSA) is 28.2 Å². The van der Waals surface area contributed by atoms with E-state index in [0.29, 0.717) is 6.04 Å². The summed E-state index contributed by atoms with van der Waals surface area (Å²) in [5, 5.41) is 3.66. The summed E-state index contributed by atoms with van der Waals surface area (Å²) in [6, 6.07) is 15.4. The molecule has 1 unspecified atom stereocenters. The number of benzene rings is 1. The van der Waals surface area contributed by atoms with Gasteiger partial charge in [-0.05, 0) is 42.8 Å². The minimum Gasteiger partial charge on any atom is -0.309 e. The highest BCUT2D eigenvalue weighted by atomic mass is 15.2. The predicted octanol–water partition coefficient (Wildman–Crippen LogP) is 2.62. The minimum atomic E-state index is 0.431. The average Bonchev–Trinajstić information content (AvgIpc) is 2.75. The molecule has 0 saturated carbocycles. The molecule has 3 nitrogen and oxygen atoms in total. The van der Waals surface area contributed by atoms with Crippen LogP contribution in [0.2, 0.25) is 0 Å². The molecule has 0 aliphatic carbocycles. The lowest BCUT2D eigenvalue weighted by Gasteiger charge is -2.24. The molecule has 3 rings (SSSR count). The maximum absolute atomic E-state index is 4.09. The highest BCUT2D eigenvalue weighted by Crippen LogP contribution is 2.18. The summed E-state index contributed by atoms with van der Waals surface area (Å²) in [5.41, 5.74) is 2.72. The lowest BCUT2D eigenvalue weighted by atomic mass is 10.1. The smallest absolute Gasteiger partial charge is 0.0449 e. The van der Waals surface area contributed by atoms with E-state index in [2.05, 4.69) is 57.7 Å². The summed E-state index contributed by atoms with van der Waals surface area (Å²) in [6.07, 6.45) is 4.95. The first-order valence-electron chi connectivity index (χ1n) is 7.31. The molecule has 20 heavy (non-hydrogen) atoms. The first-order chi connectivity index (χ1) is 9.92. The Bertz CT molecular complexity index is 512. The molecule has 1 saturated heterocycles. The van der Waals surface area contributed by atoms with Gasteiger partial charge in [0, 0.05) is 31.5 Å². The van der Waals surface area contributed by atoms with E-state index in [1.54, 1.807) is 0 Å². The molecule has 0 amide bonds. The molecule has 0 bridgehead atoms. The summed E-state index contributed by atoms with van der Waals surface area (Å²) in [7, 11) is 0. The zero-order valence-corrected chi connectivity index (χ0v) is 11.7. The second-order valence-corrected chi connectivity index (χ2v) is 5.36. The van der Waals surface area contributed by atoms with E-state index < -0.39 is 0 Å². The van der Waals surface area contributed by atoms with Crippen molar-refractivity contribution in [1.29, 1.82) is 0 Å². The van der Waals surface area contributed by atoms with Crippen molar-refractivity contribution in [3.05, 3.63) is 66.0 Å². The van der Waals surface area contributed by atoms with E-state index in [0.717, 1.165) is 26.2 Å². The fourth-order valence-corrected chi connectivity index (χ4v) is 2.79. The van der Waals surface area contributed by atoms with Crippen molar-refractivity contribution in [3.8, 4) is 0 Å². The number of pyridine rings is 1. The van der Waals surface area contributed by atoms with Crippen LogP contribution in [0.3, 0.4) is 0 Å². The molecule has 1 N–H and O–H groups in total. The Labute approximate surface area is 120 Å². The van der Waals surface area contributed by atoms with Gasteiger partial charge in [-0.25, -0.2) is 0 Å². The minimum absolute atomic E-state index is 0.431. The molecule has 2 aromatic rings. The molecule has 1 aliphatic rings. The summed E-state index contributed by atoms with van der Waals surface area (Å²) in [6.45, 7) is 4.31. The fraction of sp³-hybridized carbons (Fsp3) is 0.353. The molecule has 2 heterocycles. The number of rotatable bonds is 3. The Balaban J connectivity index is 1.69. The first-order valence-corrected chi connectivity index (χ1v) is 7.31. The van der Waals surface area contributed by atoms with E-state index in [9.17, 15) is 0 Å². The zero-order valence-electron chi connectivity index (χ0n) is 11.7. The quantitative estimate of drug-likeness (QED) is 0.926. The molecule has 0 spiro atoms. The van der Waals surface area contributed by atoms with Crippen LogP contribution in [0, 0.1) is 0 Å². The molecule has 3 heteroatoms. The Morgan fingerprint density at radius 2 is 1.90 bits per heavy atom. The van der Waals surface area contributed by atoms with E-state index in [1.165, 1.54) is 17.5 Å². The maximum Gasteiger partial charge on any atom is 0.0449 e. The van der Waals surface area contributed by atoms with Gasteiger partial charge in [-0.15, -0.1) is 0 Å². The van der Waals surface area contributed by atoms with Crippen LogP contribution in [0.15, 0.2) is 54.9 Å². The summed E-state index contributed by atoms with van der Waals surface area (Å²) >= 11 is 0. The normalized spacial score (nSPS) is 20.5. The van der Waals surface area contributed by atoms with E-state index in [1.807, 2.05) is 12.4 Å². The monoisotopic (exact) mass is 267 g/mol. The van der Waals surface area contributed by atoms with Crippen molar-refractivity contribution in [2.75, 3.05) is 19.6 Å². The Kier molecular flexibility index (Phi) is 4.41. The second kappa shape index (κ2) is 6.64. The third kappa shape index (κ3) is 3.44. The van der Waals surface area contributed by atoms with Gasteiger partial charge in [-0.2, -0.15) is 0 Å². The zero-order chi connectivity index (χ0) is 13.6. The average molecular weight is 267 g/mol. The lowest BCUT2D eigenvalue weighted by molar-refractivity contribution is 0.260. The van der Waals surface area contributed by atoms with Crippen LogP contribution >= 0.6 is 0 Å². The van der Waals surface area contributed by atoms with Crippen LogP contribution in [0.1, 0.15) is 23.6 Å². The van der Waals surface area contributed by atoms with E-state index in [4.69, 9.17) is 0 Å². The van der Waals surface area contributed by atoms with Crippen molar-refractivity contribution >= 4 is 0 Å². The first kappa shape index (κ1) is 13.3. The molecular formula is C17H21N3. The Morgan fingerprint density at radius 3 is 2.70 bits per heavy atom. The molecular weight excluding hydrogens is 246 g/mol. The second-order valence-electron chi connectivity index (χ2n) is 5.36. The third-order valence-corrected chi connectivity index (χ3v) is 3.84. The maximum atomic E-state index is 4.09. The highest BCUT2D eigenvalue weighted by molar-refractivity contribution is 5.19. The number of hydrogen-bond acceptors (Lipinski definition) is 3. The Hall–Kier alpha value is -1.71. The lowest BCUT2D eigenvalue weighted by Crippen LogP contribution is -2.31. The van der Waals surface area contributed by atoms with Crippen molar-refractivity contribution < 1.29 is 0 Å². The van der Waals surface area contributed by atoms with Crippen LogP contribution in [0.25, 0.3) is 0 Å². The number of nitrogens with one attached hydrogen (secondary N) is 1. The molecule has 1 aromatic carbocycles. The molecule has 1 aromatic heterocycles. The van der Waals surface area contributed by atoms with Crippen molar-refractivity contribution in [1.82, 2.24) is 15.2 Å². The van der Waals surface area contributed by atoms with E-state index in [-0.39, 0.29) is 0 Å². The summed E-state index contributed by atoms with van der Waals surface area (Å²) < 4.78 is 0. The third-order valence-electron chi connectivity index (χ3n) is 3.84. The predicted molar refractivity (Wildman–Crippen MR) is 81.3 cm³/mol. The van der Waals surface area contributed by atoms with Gasteiger partial charge in [0.1, 0.15) is 0 Å². The van der Waals surface area contributed by atoms with Gasteiger partial charge in [-0.1, -0.05) is 30.3 Å². The van der Waals surface area contributed by atoms with Crippen molar-refractivity contribution in [3.63, 3.8) is 0 Å².